The number of thioether (sulfide) groups is 1. The fourth-order valence-corrected chi connectivity index (χ4v) is 3.11. The van der Waals surface area contributed by atoms with Gasteiger partial charge in [-0.05, 0) is 42.0 Å². The molecule has 4 nitrogen and oxygen atoms in total. The molecule has 3 aromatic rings. The number of nitrogens with zero attached hydrogens (tertiary/aromatic N) is 2. The standard InChI is InChI=1S/C18H15ClFN3OS/c19-14-3-7-16(8-4-14)23-10-9-21-18(23)25-12-17(24)22-11-13-1-5-15(20)6-2-13/h1-10H,11-12H2,(H,22,24). The van der Waals surface area contributed by atoms with E-state index in [4.69, 9.17) is 11.6 Å². The van der Waals surface area contributed by atoms with Crippen LogP contribution in [0.3, 0.4) is 0 Å². The van der Waals surface area contributed by atoms with E-state index in [1.165, 1.54) is 23.9 Å². The molecule has 0 aliphatic carbocycles. The highest BCUT2D eigenvalue weighted by Crippen LogP contribution is 2.21. The lowest BCUT2D eigenvalue weighted by Crippen LogP contribution is -2.24. The SMILES string of the molecule is O=C(CSc1nccn1-c1ccc(Cl)cc1)NCc1ccc(F)cc1. The number of aromatic nitrogens is 2. The molecule has 0 atom stereocenters. The molecule has 7 heteroatoms. The smallest absolute Gasteiger partial charge is 0.230 e. The van der Waals surface area contributed by atoms with Crippen molar-refractivity contribution in [2.45, 2.75) is 11.7 Å². The van der Waals surface area contributed by atoms with Crippen LogP contribution in [0.2, 0.25) is 5.02 Å². The Morgan fingerprint density at radius 2 is 1.88 bits per heavy atom. The summed E-state index contributed by atoms with van der Waals surface area (Å²) < 4.78 is 14.8. The zero-order valence-corrected chi connectivity index (χ0v) is 14.7. The average molecular weight is 376 g/mol. The Morgan fingerprint density at radius 3 is 2.60 bits per heavy atom. The number of hydrogen-bond donors (Lipinski definition) is 1. The molecule has 0 aliphatic heterocycles. The van der Waals surface area contributed by atoms with E-state index in [2.05, 4.69) is 10.3 Å². The molecule has 128 valence electrons. The number of benzene rings is 2. The molecule has 0 bridgehead atoms. The fraction of sp³-hybridized carbons (Fsp3) is 0.111. The van der Waals surface area contributed by atoms with Gasteiger partial charge in [0, 0.05) is 29.6 Å². The summed E-state index contributed by atoms with van der Waals surface area (Å²) in [6.45, 7) is 0.366. The van der Waals surface area contributed by atoms with Gasteiger partial charge in [-0.25, -0.2) is 9.37 Å². The van der Waals surface area contributed by atoms with Crippen LogP contribution in [-0.4, -0.2) is 21.2 Å². The van der Waals surface area contributed by atoms with Crippen LogP contribution in [0.1, 0.15) is 5.56 Å². The zero-order chi connectivity index (χ0) is 17.6. The summed E-state index contributed by atoms with van der Waals surface area (Å²) >= 11 is 7.25. The van der Waals surface area contributed by atoms with Gasteiger partial charge >= 0.3 is 0 Å². The van der Waals surface area contributed by atoms with Crippen LogP contribution in [0.25, 0.3) is 5.69 Å². The van der Waals surface area contributed by atoms with Gasteiger partial charge in [0.15, 0.2) is 5.16 Å². The number of hydrogen-bond acceptors (Lipinski definition) is 3. The summed E-state index contributed by atoms with van der Waals surface area (Å²) in [6.07, 6.45) is 3.52. The quantitative estimate of drug-likeness (QED) is 0.660. The van der Waals surface area contributed by atoms with Crippen LogP contribution >= 0.6 is 23.4 Å². The molecule has 0 saturated heterocycles. The number of nitrogens with one attached hydrogen (secondary N) is 1. The van der Waals surface area contributed by atoms with Crippen LogP contribution in [0.5, 0.6) is 0 Å². The molecule has 0 fully saturated rings. The molecule has 0 saturated carbocycles. The lowest BCUT2D eigenvalue weighted by Gasteiger charge is -2.08. The van der Waals surface area contributed by atoms with Crippen molar-refractivity contribution in [2.75, 3.05) is 5.75 Å². The average Bonchev–Trinajstić information content (AvgIpc) is 3.09. The Morgan fingerprint density at radius 1 is 1.16 bits per heavy atom. The first-order chi connectivity index (χ1) is 12.1. The molecule has 0 aliphatic rings. The van der Waals surface area contributed by atoms with E-state index in [0.717, 1.165) is 16.4 Å². The molecule has 0 unspecified atom stereocenters. The number of carbonyl (C=O) groups excluding carboxylic acids is 1. The first-order valence-corrected chi connectivity index (χ1v) is 8.91. The van der Waals surface area contributed by atoms with Gasteiger partial charge in [-0.3, -0.25) is 9.36 Å². The van der Waals surface area contributed by atoms with Crippen molar-refractivity contribution >= 4 is 29.3 Å². The van der Waals surface area contributed by atoms with E-state index in [1.54, 1.807) is 30.5 Å². The van der Waals surface area contributed by atoms with Crippen molar-refractivity contribution in [1.29, 1.82) is 0 Å². The molecular weight excluding hydrogens is 361 g/mol. The minimum absolute atomic E-state index is 0.111. The minimum atomic E-state index is -0.292. The van der Waals surface area contributed by atoms with Crippen LogP contribution in [-0.2, 0) is 11.3 Å². The zero-order valence-electron chi connectivity index (χ0n) is 13.2. The number of amides is 1. The minimum Gasteiger partial charge on any atom is -0.351 e. The Kier molecular flexibility index (Phi) is 5.73. The van der Waals surface area contributed by atoms with E-state index < -0.39 is 0 Å². The maximum Gasteiger partial charge on any atom is 0.230 e. The van der Waals surface area contributed by atoms with E-state index in [0.29, 0.717) is 11.6 Å². The normalized spacial score (nSPS) is 10.6. The lowest BCUT2D eigenvalue weighted by molar-refractivity contribution is -0.118. The van der Waals surface area contributed by atoms with Crippen LogP contribution in [0.15, 0.2) is 66.1 Å². The summed E-state index contributed by atoms with van der Waals surface area (Å²) in [4.78, 5) is 16.3. The van der Waals surface area contributed by atoms with E-state index >= 15 is 0 Å². The summed E-state index contributed by atoms with van der Waals surface area (Å²) in [7, 11) is 0. The maximum absolute atomic E-state index is 12.9. The molecule has 1 N–H and O–H groups in total. The molecule has 0 radical (unpaired) electrons. The lowest BCUT2D eigenvalue weighted by atomic mass is 10.2. The van der Waals surface area contributed by atoms with Crippen molar-refractivity contribution < 1.29 is 9.18 Å². The summed E-state index contributed by atoms with van der Waals surface area (Å²) in [5.74, 6) is -0.161. The number of halogens is 2. The van der Waals surface area contributed by atoms with Gasteiger partial charge < -0.3 is 5.32 Å². The Bertz CT molecular complexity index is 850. The Balaban J connectivity index is 1.55. The van der Waals surface area contributed by atoms with Crippen LogP contribution in [0, 0.1) is 5.82 Å². The molecular formula is C18H15ClFN3OS. The van der Waals surface area contributed by atoms with Crippen molar-refractivity contribution in [3.05, 3.63) is 77.3 Å². The predicted molar refractivity (Wildman–Crippen MR) is 97.5 cm³/mol. The van der Waals surface area contributed by atoms with Gasteiger partial charge in [-0.1, -0.05) is 35.5 Å². The highest BCUT2D eigenvalue weighted by atomic mass is 35.5. The second kappa shape index (κ2) is 8.18. The Labute approximate surface area is 154 Å². The third-order valence-electron chi connectivity index (χ3n) is 3.45. The Hall–Kier alpha value is -2.31. The van der Waals surface area contributed by atoms with Crippen molar-refractivity contribution in [3.8, 4) is 5.69 Å². The van der Waals surface area contributed by atoms with Crippen molar-refractivity contribution in [1.82, 2.24) is 14.9 Å². The third kappa shape index (κ3) is 4.84. The van der Waals surface area contributed by atoms with Gasteiger partial charge in [-0.2, -0.15) is 0 Å². The summed E-state index contributed by atoms with van der Waals surface area (Å²) in [6, 6.07) is 13.4. The molecule has 1 heterocycles. The number of imidazole rings is 1. The monoisotopic (exact) mass is 375 g/mol. The van der Waals surface area contributed by atoms with Gasteiger partial charge in [0.1, 0.15) is 5.82 Å². The molecule has 0 spiro atoms. The molecule has 1 amide bonds. The maximum atomic E-state index is 12.9. The second-order valence-electron chi connectivity index (χ2n) is 5.25. The van der Waals surface area contributed by atoms with Gasteiger partial charge in [0.25, 0.3) is 0 Å². The molecule has 3 rings (SSSR count). The molecule has 2 aromatic carbocycles. The summed E-state index contributed by atoms with van der Waals surface area (Å²) in [5.41, 5.74) is 1.78. The summed E-state index contributed by atoms with van der Waals surface area (Å²) in [5, 5.41) is 4.20. The van der Waals surface area contributed by atoms with Gasteiger partial charge in [0.05, 0.1) is 5.75 Å². The van der Waals surface area contributed by atoms with E-state index in [-0.39, 0.29) is 17.5 Å². The highest BCUT2D eigenvalue weighted by Gasteiger charge is 2.09. The number of rotatable bonds is 6. The number of carbonyl (C=O) groups is 1. The van der Waals surface area contributed by atoms with Gasteiger partial charge in [0.2, 0.25) is 5.91 Å². The van der Waals surface area contributed by atoms with E-state index in [1.807, 2.05) is 22.9 Å². The highest BCUT2D eigenvalue weighted by molar-refractivity contribution is 7.99. The first-order valence-electron chi connectivity index (χ1n) is 7.55. The van der Waals surface area contributed by atoms with Crippen molar-refractivity contribution in [3.63, 3.8) is 0 Å². The van der Waals surface area contributed by atoms with Gasteiger partial charge in [-0.15, -0.1) is 0 Å². The second-order valence-corrected chi connectivity index (χ2v) is 6.63. The third-order valence-corrected chi connectivity index (χ3v) is 4.67. The molecule has 1 aromatic heterocycles. The van der Waals surface area contributed by atoms with Crippen molar-refractivity contribution in [2.24, 2.45) is 0 Å². The first kappa shape index (κ1) is 17.5. The topological polar surface area (TPSA) is 46.9 Å². The largest absolute Gasteiger partial charge is 0.351 e. The molecule has 25 heavy (non-hydrogen) atoms. The fourth-order valence-electron chi connectivity index (χ4n) is 2.18. The van der Waals surface area contributed by atoms with Crippen LogP contribution < -0.4 is 5.32 Å². The van der Waals surface area contributed by atoms with E-state index in [9.17, 15) is 9.18 Å². The van der Waals surface area contributed by atoms with Crippen LogP contribution in [0.4, 0.5) is 4.39 Å². The predicted octanol–water partition coefficient (Wildman–Crippen LogP) is 4.07.